The highest BCUT2D eigenvalue weighted by molar-refractivity contribution is 5.02. The maximum absolute atomic E-state index is 3.70. The van der Waals surface area contributed by atoms with E-state index in [9.17, 15) is 0 Å². The highest BCUT2D eigenvalue weighted by atomic mass is 15.3. The van der Waals surface area contributed by atoms with Crippen molar-refractivity contribution in [1.29, 1.82) is 0 Å². The van der Waals surface area contributed by atoms with Crippen LogP contribution in [0.3, 0.4) is 0 Å². The number of nitrogens with zero attached hydrogens (tertiary/aromatic N) is 1. The van der Waals surface area contributed by atoms with Gasteiger partial charge in [-0.05, 0) is 38.5 Å². The van der Waals surface area contributed by atoms with Gasteiger partial charge in [-0.2, -0.15) is 0 Å². The maximum atomic E-state index is 3.70. The fraction of sp³-hybridized carbons (Fsp3) is 1.00. The summed E-state index contributed by atoms with van der Waals surface area (Å²) >= 11 is 0. The average molecular weight is 208 g/mol. The summed E-state index contributed by atoms with van der Waals surface area (Å²) in [6.45, 7) is 6.27. The molecule has 2 heteroatoms. The molecule has 2 saturated carbocycles. The van der Waals surface area contributed by atoms with E-state index in [0.717, 1.165) is 5.92 Å². The zero-order valence-corrected chi connectivity index (χ0v) is 9.97. The molecule has 0 radical (unpaired) electrons. The molecule has 1 spiro atoms. The largest absolute Gasteiger partial charge is 0.311 e. The lowest BCUT2D eigenvalue weighted by Crippen LogP contribution is -2.63. The Morgan fingerprint density at radius 3 is 2.67 bits per heavy atom. The summed E-state index contributed by atoms with van der Waals surface area (Å²) in [6, 6.07) is 0.704. The Morgan fingerprint density at radius 2 is 2.00 bits per heavy atom. The topological polar surface area (TPSA) is 15.3 Å². The van der Waals surface area contributed by atoms with E-state index in [1.165, 1.54) is 58.2 Å². The van der Waals surface area contributed by atoms with Gasteiger partial charge in [0.05, 0.1) is 0 Å². The Bertz CT molecular complexity index is 227. The van der Waals surface area contributed by atoms with Gasteiger partial charge in [-0.1, -0.05) is 12.8 Å². The Hall–Kier alpha value is -0.0800. The van der Waals surface area contributed by atoms with Gasteiger partial charge in [0.25, 0.3) is 0 Å². The molecule has 1 atom stereocenters. The van der Waals surface area contributed by atoms with Crippen molar-refractivity contribution in [3.05, 3.63) is 0 Å². The highest BCUT2D eigenvalue weighted by Crippen LogP contribution is 2.40. The van der Waals surface area contributed by atoms with Gasteiger partial charge in [-0.3, -0.25) is 4.90 Å². The third kappa shape index (κ3) is 1.94. The summed E-state index contributed by atoms with van der Waals surface area (Å²) in [6.07, 6.45) is 8.79. The van der Waals surface area contributed by atoms with E-state index in [1.807, 2.05) is 0 Å². The van der Waals surface area contributed by atoms with Gasteiger partial charge >= 0.3 is 0 Å². The predicted octanol–water partition coefficient (Wildman–Crippen LogP) is 2.00. The number of hydrogen-bond donors (Lipinski definition) is 1. The molecule has 0 aromatic carbocycles. The second kappa shape index (κ2) is 3.74. The molecular weight excluding hydrogens is 184 g/mol. The molecule has 1 saturated heterocycles. The Labute approximate surface area is 93.4 Å². The third-order valence-electron chi connectivity index (χ3n) is 4.65. The van der Waals surface area contributed by atoms with Crippen LogP contribution in [0, 0.1) is 5.92 Å². The molecule has 3 fully saturated rings. The summed E-state index contributed by atoms with van der Waals surface area (Å²) in [7, 11) is 0. The number of piperazine rings is 1. The van der Waals surface area contributed by atoms with E-state index in [2.05, 4.69) is 17.1 Å². The van der Waals surface area contributed by atoms with E-state index >= 15 is 0 Å². The number of hydrogen-bond acceptors (Lipinski definition) is 2. The Balaban J connectivity index is 1.71. The van der Waals surface area contributed by atoms with Crippen LogP contribution in [0.2, 0.25) is 0 Å². The van der Waals surface area contributed by atoms with Crippen LogP contribution in [0.4, 0.5) is 0 Å². The maximum Gasteiger partial charge on any atom is 0.0334 e. The summed E-state index contributed by atoms with van der Waals surface area (Å²) < 4.78 is 0. The number of nitrogens with one attached hydrogen (secondary N) is 1. The van der Waals surface area contributed by atoms with Crippen molar-refractivity contribution in [2.75, 3.05) is 19.6 Å². The normalized spacial score (nSPS) is 36.2. The molecule has 3 aliphatic rings. The second-order valence-corrected chi connectivity index (χ2v) is 6.06. The first-order valence-electron chi connectivity index (χ1n) is 6.77. The minimum atomic E-state index is 0.565. The fourth-order valence-corrected chi connectivity index (χ4v) is 3.47. The quantitative estimate of drug-likeness (QED) is 0.747. The van der Waals surface area contributed by atoms with Crippen molar-refractivity contribution in [2.45, 2.75) is 57.0 Å². The van der Waals surface area contributed by atoms with Crippen molar-refractivity contribution in [3.8, 4) is 0 Å². The predicted molar refractivity (Wildman–Crippen MR) is 63.0 cm³/mol. The molecule has 1 unspecified atom stereocenters. The molecule has 2 aliphatic carbocycles. The van der Waals surface area contributed by atoms with Crippen LogP contribution in [0.15, 0.2) is 0 Å². The first-order valence-corrected chi connectivity index (χ1v) is 6.77. The van der Waals surface area contributed by atoms with Crippen molar-refractivity contribution in [3.63, 3.8) is 0 Å². The molecule has 2 nitrogen and oxygen atoms in total. The molecule has 0 bridgehead atoms. The lowest BCUT2D eigenvalue weighted by molar-refractivity contribution is 0.0424. The van der Waals surface area contributed by atoms with Crippen LogP contribution in [0.1, 0.15) is 45.4 Å². The lowest BCUT2D eigenvalue weighted by atomic mass is 9.91. The molecule has 0 amide bonds. The molecule has 15 heavy (non-hydrogen) atoms. The van der Waals surface area contributed by atoms with E-state index in [4.69, 9.17) is 0 Å². The summed E-state index contributed by atoms with van der Waals surface area (Å²) in [4.78, 5) is 2.85. The van der Waals surface area contributed by atoms with E-state index < -0.39 is 0 Å². The van der Waals surface area contributed by atoms with Crippen LogP contribution in [0.25, 0.3) is 0 Å². The van der Waals surface area contributed by atoms with Gasteiger partial charge in [0, 0.05) is 31.2 Å². The van der Waals surface area contributed by atoms with Crippen LogP contribution in [-0.4, -0.2) is 36.1 Å². The van der Waals surface area contributed by atoms with Crippen molar-refractivity contribution in [2.24, 2.45) is 5.92 Å². The van der Waals surface area contributed by atoms with E-state index in [0.29, 0.717) is 11.6 Å². The average Bonchev–Trinajstić information content (AvgIpc) is 2.92. The Morgan fingerprint density at radius 1 is 1.27 bits per heavy atom. The summed E-state index contributed by atoms with van der Waals surface area (Å²) in [5.74, 6) is 1.05. The molecular formula is C13H24N2. The zero-order valence-electron chi connectivity index (χ0n) is 9.97. The van der Waals surface area contributed by atoms with Crippen LogP contribution < -0.4 is 5.32 Å². The van der Waals surface area contributed by atoms with Gasteiger partial charge < -0.3 is 5.32 Å². The van der Waals surface area contributed by atoms with Crippen molar-refractivity contribution in [1.82, 2.24) is 10.2 Å². The first-order chi connectivity index (χ1) is 7.28. The van der Waals surface area contributed by atoms with Gasteiger partial charge in [-0.15, -0.1) is 0 Å². The fourth-order valence-electron chi connectivity index (χ4n) is 3.47. The van der Waals surface area contributed by atoms with Gasteiger partial charge in [0.1, 0.15) is 0 Å². The van der Waals surface area contributed by atoms with Crippen molar-refractivity contribution >= 4 is 0 Å². The number of rotatable bonds is 2. The third-order valence-corrected chi connectivity index (χ3v) is 4.65. The smallest absolute Gasteiger partial charge is 0.0334 e. The Kier molecular flexibility index (Phi) is 2.52. The van der Waals surface area contributed by atoms with Crippen LogP contribution in [-0.2, 0) is 0 Å². The SMILES string of the molecule is CC1CN(CC2CC2)C2(CCCC2)CN1. The molecule has 3 rings (SSSR count). The molecule has 0 aromatic heterocycles. The minimum Gasteiger partial charge on any atom is -0.311 e. The lowest BCUT2D eigenvalue weighted by Gasteiger charge is -2.48. The first kappa shape index (κ1) is 10.1. The molecule has 1 N–H and O–H groups in total. The minimum absolute atomic E-state index is 0.565. The second-order valence-electron chi connectivity index (χ2n) is 6.06. The van der Waals surface area contributed by atoms with Gasteiger partial charge in [-0.25, -0.2) is 0 Å². The van der Waals surface area contributed by atoms with Gasteiger partial charge in [0.2, 0.25) is 0 Å². The van der Waals surface area contributed by atoms with E-state index in [1.54, 1.807) is 0 Å². The van der Waals surface area contributed by atoms with Crippen molar-refractivity contribution < 1.29 is 0 Å². The summed E-state index contributed by atoms with van der Waals surface area (Å²) in [5.41, 5.74) is 0.565. The molecule has 1 aliphatic heterocycles. The van der Waals surface area contributed by atoms with Gasteiger partial charge in [0.15, 0.2) is 0 Å². The standard InChI is InChI=1S/C13H24N2/c1-11-8-15(9-12-4-5-12)13(10-14-11)6-2-3-7-13/h11-12,14H,2-10H2,1H3. The highest BCUT2D eigenvalue weighted by Gasteiger charge is 2.44. The molecule has 86 valence electrons. The molecule has 0 aromatic rings. The van der Waals surface area contributed by atoms with Crippen LogP contribution >= 0.6 is 0 Å². The molecule has 1 heterocycles. The zero-order chi connectivity index (χ0) is 10.3. The monoisotopic (exact) mass is 208 g/mol. The van der Waals surface area contributed by atoms with Crippen LogP contribution in [0.5, 0.6) is 0 Å². The van der Waals surface area contributed by atoms with E-state index in [-0.39, 0.29) is 0 Å². The summed E-state index contributed by atoms with van der Waals surface area (Å²) in [5, 5.41) is 3.70.